The van der Waals surface area contributed by atoms with Gasteiger partial charge in [0.15, 0.2) is 0 Å². The molecule has 2 aromatic rings. The van der Waals surface area contributed by atoms with Gasteiger partial charge in [-0.15, -0.1) is 0 Å². The Hall–Kier alpha value is -3.77. The number of hydrogen-bond acceptors (Lipinski definition) is 8. The van der Waals surface area contributed by atoms with Crippen molar-refractivity contribution in [1.29, 1.82) is 5.41 Å². The van der Waals surface area contributed by atoms with Gasteiger partial charge in [0.2, 0.25) is 10.0 Å². The number of aliphatic carboxylic acids is 1. The van der Waals surface area contributed by atoms with Gasteiger partial charge in [-0.1, -0.05) is 0 Å². The molecule has 0 radical (unpaired) electrons. The molecule has 0 fully saturated rings. The molecule has 0 aliphatic heterocycles. The average Bonchev–Trinajstić information content (AvgIpc) is 2.72. The monoisotopic (exact) mass is 507 g/mol. The summed E-state index contributed by atoms with van der Waals surface area (Å²) in [5.74, 6) is -1.85. The summed E-state index contributed by atoms with van der Waals surface area (Å²) in [5, 5.41) is 14.8. The number of carboxylic acid groups (broad SMARTS) is 1. The zero-order chi connectivity index (χ0) is 26.8. The number of amidine groups is 1. The molecule has 35 heavy (non-hydrogen) atoms. The molecular weight excluding hydrogens is 478 g/mol. The summed E-state index contributed by atoms with van der Waals surface area (Å²) in [6, 6.07) is 11.3. The van der Waals surface area contributed by atoms with Gasteiger partial charge in [-0.05, 0) is 69.3 Å². The molecule has 0 saturated carbocycles. The maximum atomic E-state index is 12.4. The van der Waals surface area contributed by atoms with E-state index in [9.17, 15) is 18.0 Å². The molecule has 2 aromatic carbocycles. The highest BCUT2D eigenvalue weighted by molar-refractivity contribution is 7.89. The molecule has 0 amide bonds. The fourth-order valence-electron chi connectivity index (χ4n) is 2.40. The van der Waals surface area contributed by atoms with E-state index in [0.717, 1.165) is 6.92 Å². The first-order valence-corrected chi connectivity index (χ1v) is 11.8. The van der Waals surface area contributed by atoms with Gasteiger partial charge >= 0.3 is 11.9 Å². The van der Waals surface area contributed by atoms with E-state index in [-0.39, 0.29) is 35.0 Å². The molecule has 0 aromatic heterocycles. The number of carbonyl (C=O) groups excluding carboxylic acids is 2. The fraction of sp³-hybridized carbons (Fsp3) is 0.304. The second kappa shape index (κ2) is 12.6. The van der Waals surface area contributed by atoms with Crippen LogP contribution in [0.15, 0.2) is 53.4 Å². The number of carboxylic acids is 1. The van der Waals surface area contributed by atoms with Gasteiger partial charge in [-0.25, -0.2) is 17.9 Å². The normalized spacial score (nSPS) is 11.0. The van der Waals surface area contributed by atoms with Crippen LogP contribution in [-0.2, 0) is 24.3 Å². The van der Waals surface area contributed by atoms with E-state index in [1.54, 1.807) is 32.9 Å². The third-order valence-corrected chi connectivity index (χ3v) is 5.29. The predicted molar refractivity (Wildman–Crippen MR) is 128 cm³/mol. The molecule has 0 unspecified atom stereocenters. The van der Waals surface area contributed by atoms with E-state index in [1.807, 2.05) is 0 Å². The average molecular weight is 508 g/mol. The summed E-state index contributed by atoms with van der Waals surface area (Å²) in [5.41, 5.74) is 5.38. The smallest absolute Gasteiger partial charge is 0.343 e. The van der Waals surface area contributed by atoms with E-state index < -0.39 is 33.5 Å². The lowest BCUT2D eigenvalue weighted by atomic mass is 10.2. The Balaban J connectivity index is 0.00000142. The molecule has 11 nitrogen and oxygen atoms in total. The van der Waals surface area contributed by atoms with Crippen LogP contribution in [0.25, 0.3) is 0 Å². The number of sulfonamides is 1. The van der Waals surface area contributed by atoms with E-state index in [0.29, 0.717) is 5.56 Å². The number of nitrogen functional groups attached to an aromatic ring is 1. The Morgan fingerprint density at radius 1 is 1.00 bits per heavy atom. The van der Waals surface area contributed by atoms with Crippen LogP contribution < -0.4 is 15.2 Å². The third kappa shape index (κ3) is 11.3. The summed E-state index contributed by atoms with van der Waals surface area (Å²) < 4.78 is 37.4. The van der Waals surface area contributed by atoms with Crippen molar-refractivity contribution in [3.63, 3.8) is 0 Å². The summed E-state index contributed by atoms with van der Waals surface area (Å²) in [6.45, 7) is 6.14. The van der Waals surface area contributed by atoms with Crippen molar-refractivity contribution in [2.75, 3.05) is 6.54 Å². The van der Waals surface area contributed by atoms with Crippen LogP contribution in [0.4, 0.5) is 0 Å². The van der Waals surface area contributed by atoms with E-state index in [1.165, 1.54) is 36.4 Å². The predicted octanol–water partition coefficient (Wildman–Crippen LogP) is 2.29. The summed E-state index contributed by atoms with van der Waals surface area (Å²) in [7, 11) is -3.86. The lowest BCUT2D eigenvalue weighted by Gasteiger charge is -2.19. The number of carbonyl (C=O) groups is 3. The summed E-state index contributed by atoms with van der Waals surface area (Å²) in [6.07, 6.45) is -0.108. The Morgan fingerprint density at radius 2 is 1.49 bits per heavy atom. The van der Waals surface area contributed by atoms with Crippen molar-refractivity contribution in [1.82, 2.24) is 4.72 Å². The van der Waals surface area contributed by atoms with Gasteiger partial charge in [0.25, 0.3) is 5.97 Å². The highest BCUT2D eigenvalue weighted by atomic mass is 32.2. The highest BCUT2D eigenvalue weighted by Gasteiger charge is 2.19. The number of nitrogens with one attached hydrogen (secondary N) is 2. The maximum Gasteiger partial charge on any atom is 0.343 e. The standard InChI is InChI=1S/C21H25N3O6S.C2H4O2/c1-21(2,3)30-18(25)12-13-24-31(27,28)17-10-6-15(7-11-17)20(26)29-16-8-4-14(5-9-16)19(22)23;1-2(3)4/h4-11,24H,12-13H2,1-3H3,(H3,22,23);1H3,(H,3,4). The second-order valence-electron chi connectivity index (χ2n) is 8.11. The zero-order valence-corrected chi connectivity index (χ0v) is 20.6. The number of ether oxygens (including phenoxy) is 2. The van der Waals surface area contributed by atoms with Crippen LogP contribution in [0.3, 0.4) is 0 Å². The first kappa shape index (κ1) is 29.3. The Labute approximate surface area is 203 Å². The first-order valence-electron chi connectivity index (χ1n) is 10.3. The number of benzene rings is 2. The van der Waals surface area contributed by atoms with Gasteiger partial charge in [-0.2, -0.15) is 0 Å². The SMILES string of the molecule is CC(=O)O.CC(C)(C)OC(=O)CCNS(=O)(=O)c1ccc(C(=O)Oc2ccc(C(=N)N)cc2)cc1. The van der Waals surface area contributed by atoms with Crippen LogP contribution in [0, 0.1) is 5.41 Å². The topological polar surface area (TPSA) is 186 Å². The van der Waals surface area contributed by atoms with Crippen molar-refractivity contribution >= 4 is 33.8 Å². The lowest BCUT2D eigenvalue weighted by molar-refractivity contribution is -0.154. The highest BCUT2D eigenvalue weighted by Crippen LogP contribution is 2.16. The van der Waals surface area contributed by atoms with Crippen molar-refractivity contribution in [2.45, 2.75) is 44.6 Å². The first-order chi connectivity index (χ1) is 16.1. The molecule has 0 spiro atoms. The molecule has 2 rings (SSSR count). The molecule has 5 N–H and O–H groups in total. The number of hydrogen-bond donors (Lipinski definition) is 4. The molecule has 0 bridgehead atoms. The molecular formula is C23H29N3O8S. The largest absolute Gasteiger partial charge is 0.481 e. The Bertz CT molecular complexity index is 1150. The van der Waals surface area contributed by atoms with E-state index in [4.69, 9.17) is 30.5 Å². The maximum absolute atomic E-state index is 12.4. The second-order valence-corrected chi connectivity index (χ2v) is 9.87. The zero-order valence-electron chi connectivity index (χ0n) is 19.8. The van der Waals surface area contributed by atoms with E-state index in [2.05, 4.69) is 4.72 Å². The van der Waals surface area contributed by atoms with Gasteiger partial charge < -0.3 is 20.3 Å². The molecule has 0 atom stereocenters. The number of rotatable bonds is 8. The van der Waals surface area contributed by atoms with Crippen molar-refractivity contribution in [3.05, 3.63) is 59.7 Å². The third-order valence-electron chi connectivity index (χ3n) is 3.82. The minimum Gasteiger partial charge on any atom is -0.481 e. The van der Waals surface area contributed by atoms with E-state index >= 15 is 0 Å². The minimum absolute atomic E-state index is 0.0564. The molecule has 0 heterocycles. The molecule has 12 heteroatoms. The summed E-state index contributed by atoms with van der Waals surface area (Å²) >= 11 is 0. The Morgan fingerprint density at radius 3 is 1.94 bits per heavy atom. The molecule has 0 aliphatic carbocycles. The van der Waals surface area contributed by atoms with Gasteiger partial charge in [0.05, 0.1) is 16.9 Å². The van der Waals surface area contributed by atoms with Crippen molar-refractivity contribution < 1.29 is 37.4 Å². The van der Waals surface area contributed by atoms with Crippen LogP contribution in [0.5, 0.6) is 5.75 Å². The van der Waals surface area contributed by atoms with Gasteiger partial charge in [0.1, 0.15) is 17.2 Å². The minimum atomic E-state index is -3.86. The Kier molecular flexibility index (Phi) is 10.6. The molecule has 190 valence electrons. The van der Waals surface area contributed by atoms with Crippen molar-refractivity contribution in [3.8, 4) is 5.75 Å². The quantitative estimate of drug-likeness (QED) is 0.180. The number of esters is 2. The lowest BCUT2D eigenvalue weighted by Crippen LogP contribution is -2.29. The van der Waals surface area contributed by atoms with Gasteiger partial charge in [0, 0.05) is 19.0 Å². The van der Waals surface area contributed by atoms with Crippen LogP contribution in [-0.4, -0.2) is 49.4 Å². The molecule has 0 aliphatic rings. The summed E-state index contributed by atoms with van der Waals surface area (Å²) in [4.78, 5) is 32.9. The molecule has 0 saturated heterocycles. The number of nitrogens with two attached hydrogens (primary N) is 1. The van der Waals surface area contributed by atoms with Crippen LogP contribution in [0.2, 0.25) is 0 Å². The fourth-order valence-corrected chi connectivity index (χ4v) is 3.43. The van der Waals surface area contributed by atoms with Crippen LogP contribution in [0.1, 0.15) is 50.0 Å². The van der Waals surface area contributed by atoms with Gasteiger partial charge in [-0.3, -0.25) is 15.0 Å². The van der Waals surface area contributed by atoms with Crippen LogP contribution >= 0.6 is 0 Å². The van der Waals surface area contributed by atoms with Crippen molar-refractivity contribution in [2.24, 2.45) is 5.73 Å².